The number of benzene rings is 2. The van der Waals surface area contributed by atoms with Gasteiger partial charge in [-0.1, -0.05) is 35.5 Å². The molecule has 6 heteroatoms. The first-order valence-electron chi connectivity index (χ1n) is 10.0. The van der Waals surface area contributed by atoms with Crippen molar-refractivity contribution in [2.75, 3.05) is 0 Å². The van der Waals surface area contributed by atoms with Crippen molar-refractivity contribution in [1.82, 2.24) is 15.5 Å². The van der Waals surface area contributed by atoms with E-state index in [1.165, 1.54) is 24.0 Å². The molecule has 1 aliphatic rings. The fourth-order valence-electron chi connectivity index (χ4n) is 3.61. The average Bonchev–Trinajstić information content (AvgIpc) is 3.21. The van der Waals surface area contributed by atoms with E-state index in [4.69, 9.17) is 9.26 Å². The Kier molecular flexibility index (Phi) is 5.60. The molecule has 1 atom stereocenters. The molecule has 1 N–H and O–H groups in total. The van der Waals surface area contributed by atoms with Crippen molar-refractivity contribution in [3.8, 4) is 17.1 Å². The highest BCUT2D eigenvalue weighted by molar-refractivity contribution is 5.80. The molecule has 0 unspecified atom stereocenters. The van der Waals surface area contributed by atoms with Crippen LogP contribution in [0.5, 0.6) is 5.75 Å². The van der Waals surface area contributed by atoms with Crippen LogP contribution in [0.3, 0.4) is 0 Å². The van der Waals surface area contributed by atoms with Gasteiger partial charge in [-0.3, -0.25) is 4.79 Å². The minimum Gasteiger partial charge on any atom is -0.481 e. The first kappa shape index (κ1) is 19.2. The van der Waals surface area contributed by atoms with Crippen LogP contribution in [0.2, 0.25) is 0 Å². The summed E-state index contributed by atoms with van der Waals surface area (Å²) in [6.07, 6.45) is 4.04. The summed E-state index contributed by atoms with van der Waals surface area (Å²) < 4.78 is 11.1. The number of fused-ring (bicyclic) bond motifs is 1. The second-order valence-electron chi connectivity index (χ2n) is 7.44. The van der Waals surface area contributed by atoms with E-state index < -0.39 is 6.10 Å². The number of carbonyl (C=O) groups is 1. The molecule has 1 aliphatic carbocycles. The Morgan fingerprint density at radius 3 is 2.79 bits per heavy atom. The van der Waals surface area contributed by atoms with Crippen LogP contribution in [0, 0.1) is 6.92 Å². The molecule has 29 heavy (non-hydrogen) atoms. The van der Waals surface area contributed by atoms with E-state index >= 15 is 0 Å². The Balaban J connectivity index is 1.33. The van der Waals surface area contributed by atoms with Crippen LogP contribution >= 0.6 is 0 Å². The first-order chi connectivity index (χ1) is 14.1. The van der Waals surface area contributed by atoms with Gasteiger partial charge in [-0.2, -0.15) is 4.98 Å². The van der Waals surface area contributed by atoms with E-state index in [0.29, 0.717) is 11.7 Å². The van der Waals surface area contributed by atoms with E-state index in [2.05, 4.69) is 27.6 Å². The van der Waals surface area contributed by atoms with Crippen LogP contribution in [0.25, 0.3) is 11.4 Å². The van der Waals surface area contributed by atoms with Gasteiger partial charge in [0, 0.05) is 5.56 Å². The van der Waals surface area contributed by atoms with Crippen molar-refractivity contribution < 1.29 is 14.1 Å². The largest absolute Gasteiger partial charge is 0.481 e. The molecule has 2 aromatic carbocycles. The van der Waals surface area contributed by atoms with Gasteiger partial charge in [0.25, 0.3) is 5.91 Å². The highest BCUT2D eigenvalue weighted by Gasteiger charge is 2.18. The number of nitrogens with one attached hydrogen (secondary N) is 1. The number of hydrogen-bond donors (Lipinski definition) is 1. The van der Waals surface area contributed by atoms with E-state index in [0.717, 1.165) is 29.7 Å². The van der Waals surface area contributed by atoms with Gasteiger partial charge >= 0.3 is 0 Å². The van der Waals surface area contributed by atoms with Gasteiger partial charge < -0.3 is 14.6 Å². The summed E-state index contributed by atoms with van der Waals surface area (Å²) in [5.41, 5.74) is 4.70. The summed E-state index contributed by atoms with van der Waals surface area (Å²) in [7, 11) is 0. The Labute approximate surface area is 170 Å². The van der Waals surface area contributed by atoms with Crippen LogP contribution in [0.1, 0.15) is 42.3 Å². The highest BCUT2D eigenvalue weighted by Crippen LogP contribution is 2.26. The van der Waals surface area contributed by atoms with Gasteiger partial charge in [0.2, 0.25) is 11.7 Å². The molecule has 150 valence electrons. The molecular formula is C23H25N3O3. The Bertz CT molecular complexity index is 1010. The monoisotopic (exact) mass is 391 g/mol. The van der Waals surface area contributed by atoms with E-state index in [1.54, 1.807) is 6.92 Å². The quantitative estimate of drug-likeness (QED) is 0.687. The third-order valence-electron chi connectivity index (χ3n) is 5.27. The molecule has 0 radical (unpaired) electrons. The highest BCUT2D eigenvalue weighted by atomic mass is 16.5. The molecule has 0 spiro atoms. The smallest absolute Gasteiger partial charge is 0.261 e. The van der Waals surface area contributed by atoms with Gasteiger partial charge in [-0.15, -0.1) is 0 Å². The van der Waals surface area contributed by atoms with Crippen molar-refractivity contribution >= 4 is 5.91 Å². The predicted octanol–water partition coefficient (Wildman–Crippen LogP) is 4.01. The molecule has 0 aliphatic heterocycles. The van der Waals surface area contributed by atoms with Gasteiger partial charge in [0.1, 0.15) is 5.75 Å². The summed E-state index contributed by atoms with van der Waals surface area (Å²) in [4.78, 5) is 16.8. The first-order valence-corrected chi connectivity index (χ1v) is 10.0. The zero-order chi connectivity index (χ0) is 20.2. The van der Waals surface area contributed by atoms with Crippen molar-refractivity contribution in [2.24, 2.45) is 0 Å². The maximum Gasteiger partial charge on any atom is 0.261 e. The zero-order valence-electron chi connectivity index (χ0n) is 16.8. The standard InChI is InChI=1S/C23H25N3O3/c1-15-7-3-6-10-20(15)22-25-21(29-26-22)14-24-23(27)16(2)28-19-12-11-17-8-4-5-9-18(17)13-19/h3,6-7,10-13,16H,4-5,8-9,14H2,1-2H3,(H,24,27)/t16-/m0/s1. The van der Waals surface area contributed by atoms with Crippen LogP contribution in [-0.2, 0) is 24.2 Å². The second kappa shape index (κ2) is 8.47. The third kappa shape index (κ3) is 4.47. The number of aryl methyl sites for hydroxylation is 3. The topological polar surface area (TPSA) is 77.2 Å². The number of hydrogen-bond acceptors (Lipinski definition) is 5. The van der Waals surface area contributed by atoms with Gasteiger partial charge in [0.15, 0.2) is 6.10 Å². The van der Waals surface area contributed by atoms with Crippen LogP contribution in [0.15, 0.2) is 47.0 Å². The van der Waals surface area contributed by atoms with Crippen LogP contribution in [-0.4, -0.2) is 22.2 Å². The average molecular weight is 391 g/mol. The molecule has 1 amide bonds. The maximum absolute atomic E-state index is 12.4. The van der Waals surface area contributed by atoms with Crippen LogP contribution < -0.4 is 10.1 Å². The summed E-state index contributed by atoms with van der Waals surface area (Å²) in [5.74, 6) is 1.38. The normalized spacial score (nSPS) is 14.1. The third-order valence-corrected chi connectivity index (χ3v) is 5.27. The van der Waals surface area contributed by atoms with Gasteiger partial charge in [0.05, 0.1) is 6.54 Å². The van der Waals surface area contributed by atoms with Crippen molar-refractivity contribution in [3.63, 3.8) is 0 Å². The number of aromatic nitrogens is 2. The SMILES string of the molecule is Cc1ccccc1-c1noc(CNC(=O)[C@H](C)Oc2ccc3c(c2)CCCC3)n1. The summed E-state index contributed by atoms with van der Waals surface area (Å²) in [5, 5.41) is 6.81. The number of rotatable bonds is 6. The molecule has 3 aromatic rings. The second-order valence-corrected chi connectivity index (χ2v) is 7.44. The molecule has 0 fully saturated rings. The number of amides is 1. The summed E-state index contributed by atoms with van der Waals surface area (Å²) >= 11 is 0. The minimum absolute atomic E-state index is 0.162. The number of carbonyl (C=O) groups excluding carboxylic acids is 1. The van der Waals surface area contributed by atoms with Gasteiger partial charge in [-0.25, -0.2) is 0 Å². The molecule has 1 heterocycles. The van der Waals surface area contributed by atoms with Crippen LogP contribution in [0.4, 0.5) is 0 Å². The van der Waals surface area contributed by atoms with E-state index in [-0.39, 0.29) is 12.5 Å². The Morgan fingerprint density at radius 1 is 1.17 bits per heavy atom. The van der Waals surface area contributed by atoms with E-state index in [9.17, 15) is 4.79 Å². The lowest BCUT2D eigenvalue weighted by molar-refractivity contribution is -0.127. The molecule has 0 saturated carbocycles. The molecule has 4 rings (SSSR count). The summed E-state index contributed by atoms with van der Waals surface area (Å²) in [6, 6.07) is 13.9. The molecule has 0 bridgehead atoms. The maximum atomic E-state index is 12.4. The Hall–Kier alpha value is -3.15. The molecule has 0 saturated heterocycles. The van der Waals surface area contributed by atoms with Gasteiger partial charge in [-0.05, 0) is 68.4 Å². The van der Waals surface area contributed by atoms with Crippen molar-refractivity contribution in [1.29, 1.82) is 0 Å². The minimum atomic E-state index is -0.615. The lowest BCUT2D eigenvalue weighted by atomic mass is 9.92. The van der Waals surface area contributed by atoms with E-state index in [1.807, 2.05) is 37.3 Å². The lowest BCUT2D eigenvalue weighted by Crippen LogP contribution is -2.36. The van der Waals surface area contributed by atoms with Crippen molar-refractivity contribution in [2.45, 2.75) is 52.2 Å². The fraction of sp³-hybridized carbons (Fsp3) is 0.348. The molecule has 6 nitrogen and oxygen atoms in total. The zero-order valence-corrected chi connectivity index (χ0v) is 16.8. The lowest BCUT2D eigenvalue weighted by Gasteiger charge is -2.19. The fourth-order valence-corrected chi connectivity index (χ4v) is 3.61. The molecule has 1 aromatic heterocycles. The number of nitrogens with zero attached hydrogens (tertiary/aromatic N) is 2. The summed E-state index contributed by atoms with van der Waals surface area (Å²) in [6.45, 7) is 3.89. The Morgan fingerprint density at radius 2 is 1.97 bits per heavy atom. The number of ether oxygens (including phenoxy) is 1. The predicted molar refractivity (Wildman–Crippen MR) is 109 cm³/mol. The van der Waals surface area contributed by atoms with Crippen molar-refractivity contribution in [3.05, 3.63) is 65.0 Å². The molecular weight excluding hydrogens is 366 g/mol.